The summed E-state index contributed by atoms with van der Waals surface area (Å²) in [6, 6.07) is 6.76. The lowest BCUT2D eigenvalue weighted by Gasteiger charge is -2.20. The molecule has 1 fully saturated rings. The van der Waals surface area contributed by atoms with Gasteiger partial charge in [-0.1, -0.05) is 17.7 Å². The van der Waals surface area contributed by atoms with Crippen LogP contribution in [0.4, 0.5) is 0 Å². The molecule has 1 aromatic carbocycles. The van der Waals surface area contributed by atoms with Crippen LogP contribution in [-0.2, 0) is 9.84 Å². The Morgan fingerprint density at radius 3 is 2.79 bits per heavy atom. The van der Waals surface area contributed by atoms with E-state index >= 15 is 0 Å². The third kappa shape index (κ3) is 3.70. The van der Waals surface area contributed by atoms with Crippen LogP contribution in [0.2, 0.25) is 5.02 Å². The summed E-state index contributed by atoms with van der Waals surface area (Å²) >= 11 is 5.85. The Morgan fingerprint density at radius 2 is 2.21 bits per heavy atom. The van der Waals surface area contributed by atoms with E-state index in [1.165, 1.54) is 0 Å². The molecule has 4 nitrogen and oxygen atoms in total. The highest BCUT2D eigenvalue weighted by Crippen LogP contribution is 2.20. The molecule has 1 amide bonds. The molecule has 0 saturated carbocycles. The quantitative estimate of drug-likeness (QED) is 0.856. The minimum Gasteiger partial charge on any atom is -0.341 e. The van der Waals surface area contributed by atoms with Crippen molar-refractivity contribution in [1.29, 1.82) is 0 Å². The topological polar surface area (TPSA) is 54.5 Å². The van der Waals surface area contributed by atoms with Gasteiger partial charge in [-0.05, 0) is 30.5 Å². The standard InChI is InChI=1S/C13H16ClNO3S/c1-15(8-10-5-6-19(17,18)9-10)13(16)11-3-2-4-12(14)7-11/h2-4,7,10H,5-6,8-9H2,1H3/t10-/m1/s1. The van der Waals surface area contributed by atoms with Gasteiger partial charge in [-0.3, -0.25) is 4.79 Å². The zero-order valence-electron chi connectivity index (χ0n) is 10.7. The molecule has 104 valence electrons. The zero-order valence-corrected chi connectivity index (χ0v) is 12.2. The summed E-state index contributed by atoms with van der Waals surface area (Å²) in [5, 5.41) is 0.516. The first kappa shape index (κ1) is 14.3. The van der Waals surface area contributed by atoms with Crippen LogP contribution in [0, 0.1) is 5.92 Å². The van der Waals surface area contributed by atoms with Crippen LogP contribution < -0.4 is 0 Å². The molecule has 0 bridgehead atoms. The van der Waals surface area contributed by atoms with Crippen molar-refractivity contribution in [2.75, 3.05) is 25.1 Å². The van der Waals surface area contributed by atoms with E-state index in [0.717, 1.165) is 0 Å². The number of halogens is 1. The van der Waals surface area contributed by atoms with E-state index in [1.54, 1.807) is 36.2 Å². The summed E-state index contributed by atoms with van der Waals surface area (Å²) in [6.45, 7) is 0.463. The summed E-state index contributed by atoms with van der Waals surface area (Å²) in [5.41, 5.74) is 0.524. The molecule has 0 aliphatic carbocycles. The summed E-state index contributed by atoms with van der Waals surface area (Å²) in [5.74, 6) is 0.321. The van der Waals surface area contributed by atoms with E-state index in [4.69, 9.17) is 11.6 Å². The summed E-state index contributed by atoms with van der Waals surface area (Å²) in [4.78, 5) is 13.7. The Hall–Kier alpha value is -1.07. The van der Waals surface area contributed by atoms with Crippen LogP contribution in [0.3, 0.4) is 0 Å². The lowest BCUT2D eigenvalue weighted by molar-refractivity contribution is 0.0777. The number of hydrogen-bond acceptors (Lipinski definition) is 3. The van der Waals surface area contributed by atoms with Crippen LogP contribution in [0.25, 0.3) is 0 Å². The van der Waals surface area contributed by atoms with Gasteiger partial charge in [0.1, 0.15) is 0 Å². The van der Waals surface area contributed by atoms with Crippen molar-refractivity contribution in [2.45, 2.75) is 6.42 Å². The number of carbonyl (C=O) groups excluding carboxylic acids is 1. The van der Waals surface area contributed by atoms with Gasteiger partial charge in [-0.2, -0.15) is 0 Å². The van der Waals surface area contributed by atoms with Crippen molar-refractivity contribution in [3.05, 3.63) is 34.9 Å². The highest BCUT2D eigenvalue weighted by atomic mass is 35.5. The van der Waals surface area contributed by atoms with E-state index < -0.39 is 9.84 Å². The van der Waals surface area contributed by atoms with E-state index in [2.05, 4.69) is 0 Å². The third-order valence-corrected chi connectivity index (χ3v) is 5.35. The molecular weight excluding hydrogens is 286 g/mol. The minimum atomic E-state index is -2.90. The molecule has 1 saturated heterocycles. The van der Waals surface area contributed by atoms with Crippen LogP contribution in [-0.4, -0.2) is 44.3 Å². The molecule has 1 aliphatic rings. The Labute approximate surface area is 118 Å². The zero-order chi connectivity index (χ0) is 14.0. The van der Waals surface area contributed by atoms with Gasteiger partial charge in [0.05, 0.1) is 11.5 Å². The smallest absolute Gasteiger partial charge is 0.253 e. The summed E-state index contributed by atoms with van der Waals surface area (Å²) in [6.07, 6.45) is 0.634. The number of carbonyl (C=O) groups is 1. The van der Waals surface area contributed by atoms with Gasteiger partial charge >= 0.3 is 0 Å². The molecule has 0 aromatic heterocycles. The third-order valence-electron chi connectivity index (χ3n) is 3.28. The van der Waals surface area contributed by atoms with Gasteiger partial charge in [0.15, 0.2) is 9.84 Å². The van der Waals surface area contributed by atoms with Gasteiger partial charge in [0, 0.05) is 24.2 Å². The molecule has 19 heavy (non-hydrogen) atoms. The fraction of sp³-hybridized carbons (Fsp3) is 0.462. The second kappa shape index (κ2) is 5.51. The number of rotatable bonds is 3. The normalized spacial score (nSPS) is 21.3. The first-order valence-corrected chi connectivity index (χ1v) is 8.29. The lowest BCUT2D eigenvalue weighted by Crippen LogP contribution is -2.32. The number of benzene rings is 1. The SMILES string of the molecule is CN(C[C@H]1CCS(=O)(=O)C1)C(=O)c1cccc(Cl)c1. The maximum absolute atomic E-state index is 12.2. The van der Waals surface area contributed by atoms with Crippen LogP contribution in [0.1, 0.15) is 16.8 Å². The summed E-state index contributed by atoms with van der Waals surface area (Å²) < 4.78 is 22.8. The Balaban J connectivity index is 2.00. The molecule has 1 heterocycles. The number of nitrogens with zero attached hydrogens (tertiary/aromatic N) is 1. The number of hydrogen-bond donors (Lipinski definition) is 0. The highest BCUT2D eigenvalue weighted by molar-refractivity contribution is 7.91. The lowest BCUT2D eigenvalue weighted by atomic mass is 10.1. The number of sulfone groups is 1. The van der Waals surface area contributed by atoms with Crippen molar-refractivity contribution >= 4 is 27.3 Å². The van der Waals surface area contributed by atoms with Crippen LogP contribution >= 0.6 is 11.6 Å². The maximum Gasteiger partial charge on any atom is 0.253 e. The molecule has 1 atom stereocenters. The minimum absolute atomic E-state index is 0.0399. The molecule has 0 spiro atoms. The maximum atomic E-state index is 12.2. The average Bonchev–Trinajstić information content (AvgIpc) is 2.67. The van der Waals surface area contributed by atoms with Gasteiger partial charge in [0.25, 0.3) is 5.91 Å². The van der Waals surface area contributed by atoms with Gasteiger partial charge in [-0.25, -0.2) is 8.42 Å². The van der Waals surface area contributed by atoms with Gasteiger partial charge < -0.3 is 4.90 Å². The molecule has 0 unspecified atom stereocenters. The second-order valence-corrected chi connectivity index (χ2v) is 7.63. The van der Waals surface area contributed by atoms with E-state index in [1.807, 2.05) is 0 Å². The molecule has 1 aromatic rings. The number of amides is 1. The van der Waals surface area contributed by atoms with E-state index in [0.29, 0.717) is 23.6 Å². The predicted octanol–water partition coefficient (Wildman–Crippen LogP) is 1.85. The molecule has 2 rings (SSSR count). The van der Waals surface area contributed by atoms with Crippen LogP contribution in [0.15, 0.2) is 24.3 Å². The molecule has 0 radical (unpaired) electrons. The highest BCUT2D eigenvalue weighted by Gasteiger charge is 2.29. The Bertz CT molecular complexity index is 585. The van der Waals surface area contributed by atoms with Crippen molar-refractivity contribution in [1.82, 2.24) is 4.90 Å². The van der Waals surface area contributed by atoms with Gasteiger partial charge in [0.2, 0.25) is 0 Å². The van der Waals surface area contributed by atoms with Crippen molar-refractivity contribution in [3.63, 3.8) is 0 Å². The summed E-state index contributed by atoms with van der Waals surface area (Å²) in [7, 11) is -1.21. The second-order valence-electron chi connectivity index (χ2n) is 4.97. The Kier molecular flexibility index (Phi) is 4.16. The molecular formula is C13H16ClNO3S. The van der Waals surface area contributed by atoms with Gasteiger partial charge in [-0.15, -0.1) is 0 Å². The van der Waals surface area contributed by atoms with Crippen LogP contribution in [0.5, 0.6) is 0 Å². The van der Waals surface area contributed by atoms with E-state index in [9.17, 15) is 13.2 Å². The van der Waals surface area contributed by atoms with Crippen molar-refractivity contribution in [3.8, 4) is 0 Å². The fourth-order valence-corrected chi connectivity index (χ4v) is 4.37. The fourth-order valence-electron chi connectivity index (χ4n) is 2.33. The molecule has 1 aliphatic heterocycles. The predicted molar refractivity (Wildman–Crippen MR) is 75.2 cm³/mol. The first-order valence-electron chi connectivity index (χ1n) is 6.09. The largest absolute Gasteiger partial charge is 0.341 e. The average molecular weight is 302 g/mol. The molecule has 0 N–H and O–H groups in total. The van der Waals surface area contributed by atoms with E-state index in [-0.39, 0.29) is 23.3 Å². The first-order chi connectivity index (χ1) is 8.87. The molecule has 6 heteroatoms. The monoisotopic (exact) mass is 301 g/mol. The van der Waals surface area contributed by atoms with Crippen molar-refractivity contribution < 1.29 is 13.2 Å². The van der Waals surface area contributed by atoms with Crippen molar-refractivity contribution in [2.24, 2.45) is 5.92 Å². The Morgan fingerprint density at radius 1 is 1.47 bits per heavy atom.